The van der Waals surface area contributed by atoms with Crippen LogP contribution in [0.15, 0.2) is 53.4 Å². The molecule has 0 unspecified atom stereocenters. The van der Waals surface area contributed by atoms with Crippen molar-refractivity contribution < 1.29 is 50.9 Å². The highest BCUT2D eigenvalue weighted by Crippen LogP contribution is 2.30. The number of aryl methyl sites for hydroxylation is 1. The largest absolute Gasteiger partial charge is 0.463 e. The highest BCUT2D eigenvalue weighted by Gasteiger charge is 2.52. The first kappa shape index (κ1) is 30.5. The number of carbonyl (C=O) groups excluding carboxylic acids is 3. The summed E-state index contributed by atoms with van der Waals surface area (Å²) < 4.78 is 53.4. The van der Waals surface area contributed by atoms with E-state index in [0.29, 0.717) is 0 Å². The fraction of sp³-hybridized carbons (Fsp3) is 0.400. The van der Waals surface area contributed by atoms with E-state index in [4.69, 9.17) is 23.1 Å². The number of hydrogen-bond donors (Lipinski definition) is 1. The van der Waals surface area contributed by atoms with E-state index in [-0.39, 0.29) is 16.3 Å². The molecule has 0 aromatic heterocycles. The second-order valence-electron chi connectivity index (χ2n) is 8.84. The third kappa shape index (κ3) is 7.97. The highest BCUT2D eigenvalue weighted by atomic mass is 32.2. The van der Waals surface area contributed by atoms with Gasteiger partial charge >= 0.3 is 11.9 Å². The van der Waals surface area contributed by atoms with Crippen molar-refractivity contribution in [2.24, 2.45) is 0 Å². The summed E-state index contributed by atoms with van der Waals surface area (Å²) in [6.45, 7) is 4.43. The molecule has 40 heavy (non-hydrogen) atoms. The van der Waals surface area contributed by atoms with E-state index in [9.17, 15) is 32.9 Å². The average molecular weight is 581 g/mol. The Morgan fingerprint density at radius 3 is 2.05 bits per heavy atom. The normalized spacial score (nSPS) is 22.6. The number of esters is 2. The molecule has 1 heterocycles. The first-order chi connectivity index (χ1) is 18.8. The summed E-state index contributed by atoms with van der Waals surface area (Å²) in [6.07, 6.45) is -5.65. The molecule has 2 aromatic rings. The Hall–Kier alpha value is -4.08. The van der Waals surface area contributed by atoms with Gasteiger partial charge < -0.3 is 24.3 Å². The molecule has 1 N–H and O–H groups in total. The number of benzene rings is 2. The number of rotatable bonds is 10. The second kappa shape index (κ2) is 12.8. The maximum atomic E-state index is 12.8. The van der Waals surface area contributed by atoms with Gasteiger partial charge in [0.15, 0.2) is 12.2 Å². The number of nitro benzene ring substituents is 1. The summed E-state index contributed by atoms with van der Waals surface area (Å²) in [5.41, 5.74) is 0.611. The number of amides is 1. The van der Waals surface area contributed by atoms with Crippen LogP contribution in [-0.2, 0) is 42.9 Å². The van der Waals surface area contributed by atoms with Crippen molar-refractivity contribution in [2.75, 3.05) is 6.61 Å². The average Bonchev–Trinajstić information content (AvgIpc) is 2.86. The molecular formula is C25H28N2O12S. The summed E-state index contributed by atoms with van der Waals surface area (Å²) in [4.78, 5) is 46.3. The maximum absolute atomic E-state index is 12.8. The lowest BCUT2D eigenvalue weighted by Crippen LogP contribution is -2.67. The Morgan fingerprint density at radius 1 is 0.950 bits per heavy atom. The van der Waals surface area contributed by atoms with Crippen LogP contribution in [0.4, 0.5) is 5.69 Å². The monoisotopic (exact) mass is 580 g/mol. The van der Waals surface area contributed by atoms with E-state index in [0.717, 1.165) is 19.4 Å². The van der Waals surface area contributed by atoms with Crippen LogP contribution in [0.5, 0.6) is 5.75 Å². The number of nitrogens with zero attached hydrogens (tertiary/aromatic N) is 1. The van der Waals surface area contributed by atoms with Crippen molar-refractivity contribution in [1.29, 1.82) is 0 Å². The Balaban J connectivity index is 1.97. The molecule has 0 spiro atoms. The van der Waals surface area contributed by atoms with Crippen LogP contribution in [0.25, 0.3) is 0 Å². The van der Waals surface area contributed by atoms with Crippen LogP contribution in [-0.4, -0.2) is 68.4 Å². The minimum absolute atomic E-state index is 0.0745. The molecule has 0 aliphatic carbocycles. The molecule has 1 fully saturated rings. The van der Waals surface area contributed by atoms with Crippen LogP contribution in [0.3, 0.4) is 0 Å². The number of nitrogens with one attached hydrogen (secondary N) is 1. The zero-order valence-corrected chi connectivity index (χ0v) is 22.8. The van der Waals surface area contributed by atoms with Gasteiger partial charge in [0.1, 0.15) is 17.9 Å². The quantitative estimate of drug-likeness (QED) is 0.186. The summed E-state index contributed by atoms with van der Waals surface area (Å²) in [5.74, 6) is -2.12. The summed E-state index contributed by atoms with van der Waals surface area (Å²) in [6, 6.07) is 9.51. The molecule has 1 saturated heterocycles. The van der Waals surface area contributed by atoms with E-state index >= 15 is 0 Å². The van der Waals surface area contributed by atoms with E-state index in [1.54, 1.807) is 19.1 Å². The van der Waals surface area contributed by atoms with Gasteiger partial charge in [0.2, 0.25) is 12.2 Å². The van der Waals surface area contributed by atoms with Crippen LogP contribution in [0.1, 0.15) is 26.3 Å². The molecular weight excluding hydrogens is 552 g/mol. The lowest BCUT2D eigenvalue weighted by molar-refractivity contribution is -0.384. The molecule has 1 amide bonds. The van der Waals surface area contributed by atoms with Crippen molar-refractivity contribution in [2.45, 2.75) is 63.2 Å². The first-order valence-electron chi connectivity index (χ1n) is 11.9. The van der Waals surface area contributed by atoms with Crippen LogP contribution in [0, 0.1) is 17.0 Å². The lowest BCUT2D eigenvalue weighted by Gasteiger charge is -2.44. The van der Waals surface area contributed by atoms with E-state index in [1.165, 1.54) is 43.3 Å². The molecule has 14 nitrogen and oxygen atoms in total. The Kier molecular flexibility index (Phi) is 9.78. The van der Waals surface area contributed by atoms with Crippen molar-refractivity contribution in [3.8, 4) is 5.75 Å². The molecule has 15 heteroatoms. The summed E-state index contributed by atoms with van der Waals surface area (Å²) in [5, 5.41) is 13.5. The minimum Gasteiger partial charge on any atom is -0.463 e. The number of hydrogen-bond acceptors (Lipinski definition) is 12. The van der Waals surface area contributed by atoms with E-state index < -0.39 is 70.1 Å². The predicted octanol–water partition coefficient (Wildman–Crippen LogP) is 1.78. The molecule has 216 valence electrons. The third-order valence-electron chi connectivity index (χ3n) is 5.62. The fourth-order valence-corrected chi connectivity index (χ4v) is 4.82. The lowest BCUT2D eigenvalue weighted by atomic mass is 9.96. The van der Waals surface area contributed by atoms with Gasteiger partial charge in [0, 0.05) is 32.9 Å². The van der Waals surface area contributed by atoms with Crippen LogP contribution in [0.2, 0.25) is 0 Å². The van der Waals surface area contributed by atoms with Gasteiger partial charge in [-0.1, -0.05) is 17.7 Å². The number of non-ortho nitro benzene ring substituents is 1. The van der Waals surface area contributed by atoms with Crippen LogP contribution < -0.4 is 10.1 Å². The van der Waals surface area contributed by atoms with E-state index in [2.05, 4.69) is 5.32 Å². The molecule has 0 bridgehead atoms. The molecule has 0 radical (unpaired) electrons. The van der Waals surface area contributed by atoms with Crippen LogP contribution >= 0.6 is 0 Å². The molecule has 0 saturated carbocycles. The second-order valence-corrected chi connectivity index (χ2v) is 10.5. The van der Waals surface area contributed by atoms with Gasteiger partial charge in [0.05, 0.1) is 16.4 Å². The van der Waals surface area contributed by atoms with Crippen molar-refractivity contribution in [1.82, 2.24) is 5.32 Å². The summed E-state index contributed by atoms with van der Waals surface area (Å²) >= 11 is 0. The zero-order chi connectivity index (χ0) is 29.6. The molecule has 1 aliphatic rings. The van der Waals surface area contributed by atoms with Crippen molar-refractivity contribution >= 4 is 33.7 Å². The van der Waals surface area contributed by atoms with Gasteiger partial charge in [-0.25, -0.2) is 0 Å². The van der Waals surface area contributed by atoms with Gasteiger partial charge in [-0.3, -0.25) is 28.7 Å². The third-order valence-corrected chi connectivity index (χ3v) is 6.91. The Labute approximate surface area is 229 Å². The topological polar surface area (TPSA) is 187 Å². The number of ether oxygens (including phenoxy) is 4. The van der Waals surface area contributed by atoms with Gasteiger partial charge in [-0.15, -0.1) is 0 Å². The number of carbonyl (C=O) groups is 3. The molecule has 2 aromatic carbocycles. The number of nitro groups is 1. The van der Waals surface area contributed by atoms with E-state index in [1.807, 2.05) is 0 Å². The van der Waals surface area contributed by atoms with Crippen molar-refractivity contribution in [3.05, 3.63) is 64.2 Å². The first-order valence-corrected chi connectivity index (χ1v) is 13.3. The Bertz CT molecular complexity index is 1340. The fourth-order valence-electron chi connectivity index (χ4n) is 3.90. The predicted molar refractivity (Wildman–Crippen MR) is 135 cm³/mol. The Morgan fingerprint density at radius 2 is 1.52 bits per heavy atom. The molecule has 1 aliphatic heterocycles. The maximum Gasteiger partial charge on any atom is 0.303 e. The van der Waals surface area contributed by atoms with Gasteiger partial charge in [0.25, 0.3) is 15.8 Å². The minimum atomic E-state index is -4.29. The SMILES string of the molecule is CC(=O)N[C@H]1[C@H](Oc2ccc([N+](=O)[O-])cc2)O[C@H](COS(=O)(=O)c2ccc(C)cc2)[C@@H](OC(C)=O)[C@@H]1OC(C)=O. The van der Waals surface area contributed by atoms with Gasteiger partial charge in [-0.05, 0) is 31.2 Å². The summed E-state index contributed by atoms with van der Waals surface area (Å²) in [7, 11) is -4.29. The molecule has 5 atom stereocenters. The zero-order valence-electron chi connectivity index (χ0n) is 22.0. The smallest absolute Gasteiger partial charge is 0.303 e. The highest BCUT2D eigenvalue weighted by molar-refractivity contribution is 7.86. The van der Waals surface area contributed by atoms with Gasteiger partial charge in [-0.2, -0.15) is 8.42 Å². The standard InChI is InChI=1S/C25H28N2O12S/c1-14-5-11-20(12-6-14)40(33,34)35-13-21-23(36-16(3)29)24(37-17(4)30)22(26-15(2)28)25(39-21)38-19-9-7-18(8-10-19)27(31)32/h5-12,21-25H,13H2,1-4H3,(H,26,28)/t21-,22-,23-,24-,25-/m1/s1. The molecule has 3 rings (SSSR count). The van der Waals surface area contributed by atoms with Crippen molar-refractivity contribution in [3.63, 3.8) is 0 Å².